The molecule has 0 unspecified atom stereocenters. The van der Waals surface area contributed by atoms with E-state index in [4.69, 9.17) is 23.2 Å². The molecule has 0 fully saturated rings. The Balaban J connectivity index is 2.57. The molecule has 5 nitrogen and oxygen atoms in total. The number of carbonyl (C=O) groups is 1. The van der Waals surface area contributed by atoms with Gasteiger partial charge in [-0.2, -0.15) is 15.6 Å². The number of carbonyl (C=O) groups excluding carboxylic acids is 1. The van der Waals surface area contributed by atoms with E-state index in [2.05, 4.69) is 10.5 Å². The van der Waals surface area contributed by atoms with Crippen molar-refractivity contribution in [2.75, 3.05) is 0 Å². The summed E-state index contributed by atoms with van der Waals surface area (Å²) in [5, 5.41) is 23.1. The normalized spacial score (nSPS) is 18.7. The number of rotatable bonds is 3. The van der Waals surface area contributed by atoms with Crippen molar-refractivity contribution < 1.29 is 4.79 Å². The molecule has 0 aromatic heterocycles. The maximum absolute atomic E-state index is 12.0. The van der Waals surface area contributed by atoms with Crippen LogP contribution in [0.25, 0.3) is 0 Å². The molecule has 2 rings (SSSR count). The molecule has 2 atom stereocenters. The lowest BCUT2D eigenvalue weighted by atomic mass is 9.76. The Morgan fingerprint density at radius 3 is 2.48 bits per heavy atom. The van der Waals surface area contributed by atoms with Crippen LogP contribution in [0.4, 0.5) is 0 Å². The quantitative estimate of drug-likeness (QED) is 0.928. The number of benzene rings is 1. The molecule has 1 heterocycles. The summed E-state index contributed by atoms with van der Waals surface area (Å²) in [7, 11) is 0. The summed E-state index contributed by atoms with van der Waals surface area (Å²) >= 11 is 12.0. The third-order valence-electron chi connectivity index (χ3n) is 3.39. The number of nitriles is 2. The van der Waals surface area contributed by atoms with Crippen LogP contribution in [0.5, 0.6) is 0 Å². The number of hydrogen-bond donors (Lipinski definition) is 1. The van der Waals surface area contributed by atoms with Gasteiger partial charge in [0.15, 0.2) is 0 Å². The molecule has 0 saturated heterocycles. The van der Waals surface area contributed by atoms with Crippen LogP contribution in [0.1, 0.15) is 18.4 Å². The molecule has 0 saturated carbocycles. The predicted molar refractivity (Wildman–Crippen MR) is 78.7 cm³/mol. The van der Waals surface area contributed by atoms with Crippen molar-refractivity contribution in [3.8, 4) is 12.1 Å². The Labute approximate surface area is 131 Å². The van der Waals surface area contributed by atoms with Crippen LogP contribution in [-0.2, 0) is 4.79 Å². The zero-order valence-electron chi connectivity index (χ0n) is 11.0. The fraction of sp³-hybridized carbons (Fsp3) is 0.286. The highest BCUT2D eigenvalue weighted by molar-refractivity contribution is 6.35. The van der Waals surface area contributed by atoms with E-state index in [0.717, 1.165) is 0 Å². The average molecular weight is 321 g/mol. The monoisotopic (exact) mass is 320 g/mol. The fourth-order valence-electron chi connectivity index (χ4n) is 2.41. The van der Waals surface area contributed by atoms with E-state index in [9.17, 15) is 15.3 Å². The summed E-state index contributed by atoms with van der Waals surface area (Å²) in [5.41, 5.74) is 3.42. The number of halogens is 2. The number of amides is 1. The van der Waals surface area contributed by atoms with E-state index in [-0.39, 0.29) is 5.91 Å². The molecule has 106 valence electrons. The van der Waals surface area contributed by atoms with E-state index >= 15 is 0 Å². The van der Waals surface area contributed by atoms with Gasteiger partial charge in [-0.05, 0) is 24.6 Å². The first kappa shape index (κ1) is 15.3. The zero-order valence-corrected chi connectivity index (χ0v) is 12.5. The standard InChI is InChI=1S/C14H10Cl2N4O/c1-7-12(14(21)20-19-7)13(8(5-17)6-18)10-3-2-9(15)4-11(10)16/h2-4,8,12-13H,1H3,(H,20,21)/t12-,13+/m0/s1. The van der Waals surface area contributed by atoms with Gasteiger partial charge in [0.1, 0.15) is 5.92 Å². The molecule has 0 aliphatic carbocycles. The second-order valence-electron chi connectivity index (χ2n) is 4.63. The molecule has 1 aromatic rings. The van der Waals surface area contributed by atoms with E-state index in [1.54, 1.807) is 19.1 Å². The summed E-state index contributed by atoms with van der Waals surface area (Å²) in [6, 6.07) is 8.62. The van der Waals surface area contributed by atoms with Crippen molar-refractivity contribution in [2.45, 2.75) is 12.8 Å². The smallest absolute Gasteiger partial charge is 0.249 e. The number of hydrazone groups is 1. The molecule has 1 aromatic carbocycles. The van der Waals surface area contributed by atoms with Crippen molar-refractivity contribution in [1.82, 2.24) is 5.43 Å². The van der Waals surface area contributed by atoms with Gasteiger partial charge in [-0.25, -0.2) is 5.43 Å². The predicted octanol–water partition coefficient (Wildman–Crippen LogP) is 2.86. The van der Waals surface area contributed by atoms with Gasteiger partial charge < -0.3 is 0 Å². The molecule has 1 amide bonds. The van der Waals surface area contributed by atoms with Crippen molar-refractivity contribution in [2.24, 2.45) is 16.9 Å². The first-order chi connectivity index (χ1) is 9.99. The molecule has 0 radical (unpaired) electrons. The molecule has 21 heavy (non-hydrogen) atoms. The molecular formula is C14H10Cl2N4O. The van der Waals surface area contributed by atoms with Gasteiger partial charge in [0.25, 0.3) is 0 Å². The zero-order chi connectivity index (χ0) is 15.6. The van der Waals surface area contributed by atoms with Crippen LogP contribution in [0.2, 0.25) is 10.0 Å². The van der Waals surface area contributed by atoms with Crippen LogP contribution in [0.3, 0.4) is 0 Å². The van der Waals surface area contributed by atoms with E-state index < -0.39 is 17.8 Å². The summed E-state index contributed by atoms with van der Waals surface area (Å²) in [4.78, 5) is 12.0. The molecule has 0 spiro atoms. The Morgan fingerprint density at radius 2 is 2.00 bits per heavy atom. The van der Waals surface area contributed by atoms with Gasteiger partial charge in [0.05, 0.1) is 18.1 Å². The lowest BCUT2D eigenvalue weighted by Gasteiger charge is -2.24. The van der Waals surface area contributed by atoms with Crippen molar-refractivity contribution in [3.63, 3.8) is 0 Å². The van der Waals surface area contributed by atoms with Gasteiger partial charge >= 0.3 is 0 Å². The molecule has 1 aliphatic rings. The van der Waals surface area contributed by atoms with Gasteiger partial charge in [-0.1, -0.05) is 29.3 Å². The highest BCUT2D eigenvalue weighted by atomic mass is 35.5. The minimum absolute atomic E-state index is 0.315. The molecule has 1 N–H and O–H groups in total. The van der Waals surface area contributed by atoms with Crippen LogP contribution in [0, 0.1) is 34.5 Å². The molecular weight excluding hydrogens is 311 g/mol. The Kier molecular flexibility index (Phi) is 4.47. The Bertz CT molecular complexity index is 688. The third-order valence-corrected chi connectivity index (χ3v) is 3.96. The highest BCUT2D eigenvalue weighted by Gasteiger charge is 2.41. The van der Waals surface area contributed by atoms with Gasteiger partial charge in [-0.3, -0.25) is 4.79 Å². The first-order valence-corrected chi connectivity index (χ1v) is 6.83. The minimum Gasteiger partial charge on any atom is -0.272 e. The summed E-state index contributed by atoms with van der Waals surface area (Å²) in [6.07, 6.45) is 0. The summed E-state index contributed by atoms with van der Waals surface area (Å²) in [6.45, 7) is 1.67. The van der Waals surface area contributed by atoms with Crippen molar-refractivity contribution in [3.05, 3.63) is 33.8 Å². The van der Waals surface area contributed by atoms with Crippen LogP contribution >= 0.6 is 23.2 Å². The maximum atomic E-state index is 12.0. The van der Waals surface area contributed by atoms with Crippen LogP contribution < -0.4 is 5.43 Å². The van der Waals surface area contributed by atoms with Gasteiger partial charge in [0, 0.05) is 21.7 Å². The minimum atomic E-state index is -1.03. The van der Waals surface area contributed by atoms with E-state index in [1.807, 2.05) is 12.1 Å². The highest BCUT2D eigenvalue weighted by Crippen LogP contribution is 2.39. The number of hydrogen-bond acceptors (Lipinski definition) is 4. The second kappa shape index (κ2) is 6.13. The van der Waals surface area contributed by atoms with Crippen molar-refractivity contribution in [1.29, 1.82) is 10.5 Å². The fourth-order valence-corrected chi connectivity index (χ4v) is 2.94. The third kappa shape index (κ3) is 2.85. The maximum Gasteiger partial charge on any atom is 0.249 e. The van der Waals surface area contributed by atoms with Crippen molar-refractivity contribution >= 4 is 34.8 Å². The first-order valence-electron chi connectivity index (χ1n) is 6.07. The Hall–Kier alpha value is -2.08. The Morgan fingerprint density at radius 1 is 1.33 bits per heavy atom. The lowest BCUT2D eigenvalue weighted by Crippen LogP contribution is -2.32. The van der Waals surface area contributed by atoms with E-state index in [1.165, 1.54) is 6.07 Å². The summed E-state index contributed by atoms with van der Waals surface area (Å²) < 4.78 is 0. The second-order valence-corrected chi connectivity index (χ2v) is 5.48. The lowest BCUT2D eigenvalue weighted by molar-refractivity contribution is -0.122. The molecule has 7 heteroatoms. The molecule has 1 aliphatic heterocycles. The molecule has 0 bridgehead atoms. The average Bonchev–Trinajstić information content (AvgIpc) is 2.77. The van der Waals surface area contributed by atoms with Gasteiger partial charge in [0.2, 0.25) is 5.91 Å². The number of nitrogens with one attached hydrogen (secondary N) is 1. The van der Waals surface area contributed by atoms with Gasteiger partial charge in [-0.15, -0.1) is 0 Å². The van der Waals surface area contributed by atoms with Crippen LogP contribution in [-0.4, -0.2) is 11.6 Å². The number of nitrogens with zero attached hydrogens (tertiary/aromatic N) is 3. The summed E-state index contributed by atoms with van der Waals surface area (Å²) in [5.74, 6) is -2.77. The largest absolute Gasteiger partial charge is 0.272 e. The van der Waals surface area contributed by atoms with Crippen LogP contribution in [0.15, 0.2) is 23.3 Å². The topological polar surface area (TPSA) is 89.0 Å². The van der Waals surface area contributed by atoms with E-state index in [0.29, 0.717) is 21.3 Å². The SMILES string of the molecule is CC1=NNC(=O)[C@@H]1[C@@H](c1ccc(Cl)cc1Cl)C(C#N)C#N.